The van der Waals surface area contributed by atoms with E-state index in [0.717, 1.165) is 10.6 Å². The first kappa shape index (κ1) is 21.3. The molecule has 31 heavy (non-hydrogen) atoms. The lowest BCUT2D eigenvalue weighted by atomic mass is 10.1. The number of aromatic nitrogens is 1. The summed E-state index contributed by atoms with van der Waals surface area (Å²) in [5.41, 5.74) is 2.98. The molecule has 3 heterocycles. The van der Waals surface area contributed by atoms with Crippen LogP contribution in [0.2, 0.25) is 0 Å². The molecule has 4 rings (SSSR count). The number of rotatable bonds is 7. The quantitative estimate of drug-likeness (QED) is 0.577. The van der Waals surface area contributed by atoms with E-state index >= 15 is 0 Å². The van der Waals surface area contributed by atoms with Gasteiger partial charge in [-0.05, 0) is 26.3 Å². The molecule has 0 saturated carbocycles. The fourth-order valence-corrected chi connectivity index (χ4v) is 4.36. The van der Waals surface area contributed by atoms with Gasteiger partial charge in [-0.25, -0.2) is 9.37 Å². The zero-order valence-electron chi connectivity index (χ0n) is 17.1. The maximum atomic E-state index is 14.5. The molecule has 10 heteroatoms. The van der Waals surface area contributed by atoms with Gasteiger partial charge in [0, 0.05) is 24.5 Å². The van der Waals surface area contributed by atoms with Gasteiger partial charge in [-0.3, -0.25) is 9.59 Å². The van der Waals surface area contributed by atoms with Crippen LogP contribution in [-0.2, 0) is 11.4 Å². The van der Waals surface area contributed by atoms with E-state index < -0.39 is 17.8 Å². The molecule has 2 aromatic heterocycles. The van der Waals surface area contributed by atoms with E-state index in [1.807, 2.05) is 6.92 Å². The topological polar surface area (TPSA) is 105 Å². The smallest absolute Gasteiger partial charge is 0.256 e. The van der Waals surface area contributed by atoms with Crippen molar-refractivity contribution in [2.75, 3.05) is 19.7 Å². The minimum atomic E-state index is -0.672. The standard InChI is InChI=1S/C21H22FN3O5S/c1-11-18(31-10-23-11)9-29-17-7-13-16(8-14(17)22)30-12(2)19(13)20(27)24-15-3-4-25(5-6-26)21(15)28/h7-8,10,15,26H,3-6,9H2,1-2H3,(H,24,27). The Labute approximate surface area is 181 Å². The van der Waals surface area contributed by atoms with Crippen molar-refractivity contribution in [3.8, 4) is 5.75 Å². The Kier molecular flexibility index (Phi) is 5.92. The largest absolute Gasteiger partial charge is 0.485 e. The van der Waals surface area contributed by atoms with E-state index in [-0.39, 0.29) is 42.6 Å². The summed E-state index contributed by atoms with van der Waals surface area (Å²) in [5.74, 6) is -0.985. The molecule has 0 aliphatic carbocycles. The first-order valence-electron chi connectivity index (χ1n) is 9.84. The van der Waals surface area contributed by atoms with Crippen molar-refractivity contribution in [2.24, 2.45) is 0 Å². The molecule has 1 aliphatic rings. The number of hydrogen-bond donors (Lipinski definition) is 2. The monoisotopic (exact) mass is 447 g/mol. The first-order chi connectivity index (χ1) is 14.9. The molecular weight excluding hydrogens is 425 g/mol. The summed E-state index contributed by atoms with van der Waals surface area (Å²) in [5, 5.41) is 12.2. The molecule has 164 valence electrons. The highest BCUT2D eigenvalue weighted by Gasteiger charge is 2.33. The number of fused-ring (bicyclic) bond motifs is 1. The van der Waals surface area contributed by atoms with Crippen LogP contribution in [0.1, 0.15) is 33.1 Å². The number of nitrogens with one attached hydrogen (secondary N) is 1. The number of thiazole rings is 1. The maximum absolute atomic E-state index is 14.5. The molecule has 0 bridgehead atoms. The average Bonchev–Trinajstić information content (AvgIpc) is 3.38. The van der Waals surface area contributed by atoms with Gasteiger partial charge in [-0.2, -0.15) is 0 Å². The number of aliphatic hydroxyl groups is 1. The van der Waals surface area contributed by atoms with Crippen molar-refractivity contribution in [3.05, 3.63) is 45.4 Å². The number of aryl methyl sites for hydroxylation is 2. The molecule has 2 amide bonds. The first-order valence-corrected chi connectivity index (χ1v) is 10.7. The molecule has 0 radical (unpaired) electrons. The van der Waals surface area contributed by atoms with Crippen LogP contribution >= 0.6 is 11.3 Å². The number of likely N-dealkylation sites (tertiary alicyclic amines) is 1. The lowest BCUT2D eigenvalue weighted by Crippen LogP contribution is -2.42. The fraction of sp³-hybridized carbons (Fsp3) is 0.381. The molecular formula is C21H22FN3O5S. The minimum absolute atomic E-state index is 0.00112. The van der Waals surface area contributed by atoms with Crippen molar-refractivity contribution in [1.82, 2.24) is 15.2 Å². The number of benzene rings is 1. The number of hydrogen-bond acceptors (Lipinski definition) is 7. The highest BCUT2D eigenvalue weighted by atomic mass is 32.1. The highest BCUT2D eigenvalue weighted by molar-refractivity contribution is 7.09. The predicted molar refractivity (Wildman–Crippen MR) is 112 cm³/mol. The maximum Gasteiger partial charge on any atom is 0.256 e. The number of furan rings is 1. The van der Waals surface area contributed by atoms with E-state index in [9.17, 15) is 14.0 Å². The lowest BCUT2D eigenvalue weighted by molar-refractivity contribution is -0.129. The minimum Gasteiger partial charge on any atom is -0.485 e. The Morgan fingerprint density at radius 3 is 2.97 bits per heavy atom. The van der Waals surface area contributed by atoms with Gasteiger partial charge in [-0.15, -0.1) is 11.3 Å². The van der Waals surface area contributed by atoms with E-state index in [4.69, 9.17) is 14.3 Å². The summed E-state index contributed by atoms with van der Waals surface area (Å²) in [6.07, 6.45) is 0.455. The van der Waals surface area contributed by atoms with Crippen LogP contribution in [0.5, 0.6) is 5.75 Å². The number of halogens is 1. The zero-order valence-corrected chi connectivity index (χ0v) is 17.9. The summed E-state index contributed by atoms with van der Waals surface area (Å²) in [4.78, 5) is 31.9. The Bertz CT molecular complexity index is 1140. The normalized spacial score (nSPS) is 16.3. The third-order valence-corrected chi connectivity index (χ3v) is 6.23. The molecule has 1 aromatic carbocycles. The summed E-state index contributed by atoms with van der Waals surface area (Å²) in [7, 11) is 0. The van der Waals surface area contributed by atoms with Gasteiger partial charge in [0.1, 0.15) is 24.0 Å². The van der Waals surface area contributed by atoms with E-state index in [1.54, 1.807) is 12.4 Å². The Balaban J connectivity index is 1.57. The van der Waals surface area contributed by atoms with Gasteiger partial charge in [0.25, 0.3) is 5.91 Å². The van der Waals surface area contributed by atoms with Crippen molar-refractivity contribution in [1.29, 1.82) is 0 Å². The zero-order chi connectivity index (χ0) is 22.1. The summed E-state index contributed by atoms with van der Waals surface area (Å²) >= 11 is 1.42. The fourth-order valence-electron chi connectivity index (χ4n) is 3.67. The molecule has 1 fully saturated rings. The highest BCUT2D eigenvalue weighted by Crippen LogP contribution is 2.32. The molecule has 1 saturated heterocycles. The van der Waals surface area contributed by atoms with Gasteiger partial charge in [0.2, 0.25) is 5.91 Å². The second kappa shape index (κ2) is 8.64. The number of carbonyl (C=O) groups is 2. The van der Waals surface area contributed by atoms with Crippen LogP contribution in [0.25, 0.3) is 11.0 Å². The number of amides is 2. The van der Waals surface area contributed by atoms with E-state index in [1.165, 1.54) is 28.4 Å². The van der Waals surface area contributed by atoms with E-state index in [2.05, 4.69) is 10.3 Å². The second-order valence-electron chi connectivity index (χ2n) is 7.33. The van der Waals surface area contributed by atoms with Gasteiger partial charge in [0.05, 0.1) is 28.3 Å². The summed E-state index contributed by atoms with van der Waals surface area (Å²) in [6, 6.07) is 1.97. The summed E-state index contributed by atoms with van der Waals surface area (Å²) < 4.78 is 25.7. The Hall–Kier alpha value is -2.98. The third-order valence-electron chi connectivity index (χ3n) is 5.32. The Morgan fingerprint density at radius 1 is 1.45 bits per heavy atom. The van der Waals surface area contributed by atoms with Crippen LogP contribution in [-0.4, -0.2) is 52.5 Å². The van der Waals surface area contributed by atoms with Crippen LogP contribution in [0.15, 0.2) is 22.1 Å². The van der Waals surface area contributed by atoms with Crippen LogP contribution in [0.4, 0.5) is 4.39 Å². The van der Waals surface area contributed by atoms with Crippen molar-refractivity contribution < 1.29 is 28.2 Å². The molecule has 1 aliphatic heterocycles. The van der Waals surface area contributed by atoms with E-state index in [0.29, 0.717) is 24.1 Å². The van der Waals surface area contributed by atoms with Crippen molar-refractivity contribution in [3.63, 3.8) is 0 Å². The van der Waals surface area contributed by atoms with Crippen LogP contribution < -0.4 is 10.1 Å². The van der Waals surface area contributed by atoms with Crippen LogP contribution in [0.3, 0.4) is 0 Å². The predicted octanol–water partition coefficient (Wildman–Crippen LogP) is 2.55. The summed E-state index contributed by atoms with van der Waals surface area (Å²) in [6.45, 7) is 4.20. The molecule has 1 unspecified atom stereocenters. The third kappa shape index (κ3) is 4.13. The molecule has 8 nitrogen and oxygen atoms in total. The average molecular weight is 447 g/mol. The number of β-amino-alcohol motifs (C(OH)–C–C–N with tert-alkyl or cyclic N) is 1. The SMILES string of the molecule is Cc1ncsc1COc1cc2c(C(=O)NC3CCN(CCO)C3=O)c(C)oc2cc1F. The van der Waals surface area contributed by atoms with Gasteiger partial charge < -0.3 is 24.5 Å². The van der Waals surface area contributed by atoms with Crippen LogP contribution in [0, 0.1) is 19.7 Å². The number of ether oxygens (including phenoxy) is 1. The van der Waals surface area contributed by atoms with Gasteiger partial charge >= 0.3 is 0 Å². The van der Waals surface area contributed by atoms with Crippen molar-refractivity contribution >= 4 is 34.1 Å². The Morgan fingerprint density at radius 2 is 2.26 bits per heavy atom. The second-order valence-corrected chi connectivity index (χ2v) is 8.26. The number of carbonyl (C=O) groups excluding carboxylic acids is 2. The van der Waals surface area contributed by atoms with Crippen molar-refractivity contribution in [2.45, 2.75) is 32.9 Å². The molecule has 1 atom stereocenters. The van der Waals surface area contributed by atoms with Gasteiger partial charge in [-0.1, -0.05) is 0 Å². The van der Waals surface area contributed by atoms with Gasteiger partial charge in [0.15, 0.2) is 11.6 Å². The molecule has 3 aromatic rings. The molecule has 2 N–H and O–H groups in total. The number of aliphatic hydroxyl groups excluding tert-OH is 1. The number of nitrogens with zero attached hydrogens (tertiary/aromatic N) is 2. The lowest BCUT2D eigenvalue weighted by Gasteiger charge is -2.15. The molecule has 0 spiro atoms.